The molecule has 0 amide bonds. The Balaban J connectivity index is 2.58. The van der Waals surface area contributed by atoms with E-state index in [1.807, 2.05) is 0 Å². The van der Waals surface area contributed by atoms with E-state index in [1.54, 1.807) is 0 Å². The summed E-state index contributed by atoms with van der Waals surface area (Å²) in [7, 11) is 0. The molecule has 0 aromatic heterocycles. The van der Waals surface area contributed by atoms with Gasteiger partial charge in [0.25, 0.3) is 0 Å². The van der Waals surface area contributed by atoms with Crippen LogP contribution < -0.4 is 0 Å². The van der Waals surface area contributed by atoms with Gasteiger partial charge in [0.05, 0.1) is 6.61 Å². The van der Waals surface area contributed by atoms with Crippen LogP contribution in [0, 0.1) is 0 Å². The normalized spacial score (nSPS) is 32.3. The monoisotopic (exact) mass is 636 g/mol. The van der Waals surface area contributed by atoms with Crippen molar-refractivity contribution in [2.24, 2.45) is 0 Å². The molecule has 2 fully saturated rings. The molecule has 0 aromatic carbocycles. The van der Waals surface area contributed by atoms with E-state index in [4.69, 9.17) is 42.6 Å². The van der Waals surface area contributed by atoms with Gasteiger partial charge in [-0.2, -0.15) is 0 Å². The molecule has 0 radical (unpaired) electrons. The first-order valence-corrected chi connectivity index (χ1v) is 13.3. The Morgan fingerprint density at radius 3 is 1.39 bits per heavy atom. The second-order valence-corrected chi connectivity index (χ2v) is 9.83. The van der Waals surface area contributed by atoms with Crippen LogP contribution in [-0.4, -0.2) is 126 Å². The third-order valence-corrected chi connectivity index (χ3v) is 6.11. The molecule has 2 aliphatic rings. The average molecular weight is 637 g/mol. The average Bonchev–Trinajstić information content (AvgIpc) is 2.87. The first kappa shape index (κ1) is 36.5. The molecular weight excluding hydrogens is 600 g/mol. The van der Waals surface area contributed by atoms with E-state index in [1.165, 1.54) is 0 Å². The largest absolute Gasteiger partial charge is 0.456 e. The number of hydrogen-bond donors (Lipinski definition) is 2. The maximum Gasteiger partial charge on any atom is 0.303 e. The zero-order chi connectivity index (χ0) is 33.5. The van der Waals surface area contributed by atoms with Gasteiger partial charge >= 0.3 is 35.8 Å². The Labute approximate surface area is 251 Å². The molecule has 0 bridgehead atoms. The summed E-state index contributed by atoms with van der Waals surface area (Å²) in [6.45, 7) is 6.17. The van der Waals surface area contributed by atoms with Crippen LogP contribution >= 0.6 is 0 Å². The Morgan fingerprint density at radius 2 is 0.955 bits per heavy atom. The van der Waals surface area contributed by atoms with E-state index in [2.05, 4.69) is 0 Å². The van der Waals surface area contributed by atoms with E-state index in [-0.39, 0.29) is 0 Å². The lowest BCUT2D eigenvalue weighted by atomic mass is 9.91. The highest BCUT2D eigenvalue weighted by atomic mass is 16.8. The fourth-order valence-corrected chi connectivity index (χ4v) is 4.73. The molecule has 1 unspecified atom stereocenters. The van der Waals surface area contributed by atoms with E-state index in [0.29, 0.717) is 0 Å². The number of ketones is 1. The summed E-state index contributed by atoms with van der Waals surface area (Å²) in [4.78, 5) is 84.2. The van der Waals surface area contributed by atoms with Crippen LogP contribution in [0.2, 0.25) is 0 Å². The Morgan fingerprint density at radius 1 is 0.568 bits per heavy atom. The lowest BCUT2D eigenvalue weighted by molar-refractivity contribution is -0.359. The number of aliphatic hydroxyl groups is 2. The summed E-state index contributed by atoms with van der Waals surface area (Å²) < 4.78 is 48.2. The van der Waals surface area contributed by atoms with Crippen LogP contribution in [0.15, 0.2) is 0 Å². The molecule has 44 heavy (non-hydrogen) atoms. The number of hydrogen-bond acceptors (Lipinski definition) is 18. The fraction of sp³-hybridized carbons (Fsp3) is 0.731. The molecule has 2 saturated heterocycles. The van der Waals surface area contributed by atoms with Crippen molar-refractivity contribution in [2.45, 2.75) is 116 Å². The second kappa shape index (κ2) is 15.8. The summed E-state index contributed by atoms with van der Waals surface area (Å²) in [5.41, 5.74) is 0. The molecular formula is C26H36O18. The number of carbonyl (C=O) groups excluding carboxylic acids is 7. The Bertz CT molecular complexity index is 1100. The van der Waals surface area contributed by atoms with Crippen LogP contribution in [0.25, 0.3) is 0 Å². The predicted molar refractivity (Wildman–Crippen MR) is 136 cm³/mol. The predicted octanol–water partition coefficient (Wildman–Crippen LogP) is -2.01. The minimum atomic E-state index is -2.27. The highest BCUT2D eigenvalue weighted by molar-refractivity contribution is 5.82. The summed E-state index contributed by atoms with van der Waals surface area (Å²) in [5, 5.41) is 21.2. The molecule has 2 N–H and O–H groups in total. The molecule has 248 valence electrons. The lowest BCUT2D eigenvalue weighted by Gasteiger charge is -2.47. The zero-order valence-electron chi connectivity index (χ0n) is 25.0. The van der Waals surface area contributed by atoms with Crippen molar-refractivity contribution in [3.8, 4) is 0 Å². The van der Waals surface area contributed by atoms with Gasteiger partial charge in [-0.05, 0) is 6.92 Å². The van der Waals surface area contributed by atoms with Gasteiger partial charge in [0.15, 0.2) is 60.9 Å². The molecule has 18 nitrogen and oxygen atoms in total. The van der Waals surface area contributed by atoms with Gasteiger partial charge in [-0.25, -0.2) is 0 Å². The smallest absolute Gasteiger partial charge is 0.303 e. The van der Waals surface area contributed by atoms with Gasteiger partial charge in [0.2, 0.25) is 6.29 Å². The van der Waals surface area contributed by atoms with Gasteiger partial charge in [0, 0.05) is 41.5 Å². The molecule has 2 aliphatic heterocycles. The van der Waals surface area contributed by atoms with Crippen molar-refractivity contribution >= 4 is 41.6 Å². The second-order valence-electron chi connectivity index (χ2n) is 9.83. The van der Waals surface area contributed by atoms with Gasteiger partial charge in [-0.3, -0.25) is 33.6 Å². The maximum absolute atomic E-state index is 12.5. The molecule has 2 heterocycles. The summed E-state index contributed by atoms with van der Waals surface area (Å²) in [6, 6.07) is 0. The third-order valence-electron chi connectivity index (χ3n) is 6.11. The van der Waals surface area contributed by atoms with Crippen LogP contribution in [0.1, 0.15) is 48.5 Å². The molecule has 18 heteroatoms. The van der Waals surface area contributed by atoms with Crippen LogP contribution in [-0.2, 0) is 76.2 Å². The summed E-state index contributed by atoms with van der Waals surface area (Å²) in [6.07, 6.45) is -19.2. The van der Waals surface area contributed by atoms with E-state index >= 15 is 0 Å². The first-order valence-electron chi connectivity index (χ1n) is 13.3. The number of aliphatic hydroxyl groups excluding tert-OH is 2. The van der Waals surface area contributed by atoms with Crippen molar-refractivity contribution in [1.82, 2.24) is 0 Å². The summed E-state index contributed by atoms with van der Waals surface area (Å²) >= 11 is 0. The van der Waals surface area contributed by atoms with E-state index < -0.39 is 116 Å². The van der Waals surface area contributed by atoms with Crippen molar-refractivity contribution in [2.75, 3.05) is 6.61 Å². The number of ether oxygens (including phenoxy) is 9. The molecule has 0 saturated carbocycles. The molecule has 11 atom stereocenters. The van der Waals surface area contributed by atoms with Crippen molar-refractivity contribution in [1.29, 1.82) is 0 Å². The summed E-state index contributed by atoms with van der Waals surface area (Å²) in [5.74, 6) is -6.32. The molecule has 0 spiro atoms. The van der Waals surface area contributed by atoms with Gasteiger partial charge < -0.3 is 52.8 Å². The SMILES string of the molecule is CC(=O)O[C@@H]1[C@@H](OC(C)=O)[C@H](C(C)=O)O[C@H](C(O)O[C@H]2O[C@H](CO)[C@@H](OC(C)=O)[C@H](OC(C)=O)[C@H]2OC(C)=O)[C@H]1OC(C)=O. The van der Waals surface area contributed by atoms with Gasteiger partial charge in [-0.1, -0.05) is 0 Å². The van der Waals surface area contributed by atoms with Crippen LogP contribution in [0.3, 0.4) is 0 Å². The minimum Gasteiger partial charge on any atom is -0.456 e. The molecule has 0 aliphatic carbocycles. The lowest BCUT2D eigenvalue weighted by Crippen LogP contribution is -2.67. The van der Waals surface area contributed by atoms with Crippen LogP contribution in [0.4, 0.5) is 0 Å². The van der Waals surface area contributed by atoms with E-state index in [0.717, 1.165) is 48.5 Å². The first-order chi connectivity index (χ1) is 20.5. The minimum absolute atomic E-state index is 0.752. The third kappa shape index (κ3) is 9.65. The highest BCUT2D eigenvalue weighted by Gasteiger charge is 2.58. The maximum atomic E-state index is 12.5. The molecule has 0 aromatic rings. The van der Waals surface area contributed by atoms with Crippen molar-refractivity contribution < 1.29 is 86.4 Å². The number of carbonyl (C=O) groups is 7. The quantitative estimate of drug-likeness (QED) is 0.141. The van der Waals surface area contributed by atoms with E-state index in [9.17, 15) is 43.8 Å². The van der Waals surface area contributed by atoms with Crippen molar-refractivity contribution in [3.63, 3.8) is 0 Å². The topological polar surface area (TPSA) is 243 Å². The van der Waals surface area contributed by atoms with Crippen molar-refractivity contribution in [3.05, 3.63) is 0 Å². The Hall–Kier alpha value is -3.71. The number of Topliss-reactive ketones (excluding diaryl/α,β-unsaturated/α-hetero) is 1. The van der Waals surface area contributed by atoms with Gasteiger partial charge in [0.1, 0.15) is 6.10 Å². The number of rotatable bonds is 11. The fourth-order valence-electron chi connectivity index (χ4n) is 4.73. The Kier molecular flexibility index (Phi) is 13.1. The molecule has 2 rings (SSSR count). The van der Waals surface area contributed by atoms with Crippen LogP contribution in [0.5, 0.6) is 0 Å². The zero-order valence-corrected chi connectivity index (χ0v) is 25.0. The standard InChI is InChI=1S/C26H36O18/c1-9(28)17-19(37-11(3)30)21(39-13(5)32)22(40-14(6)33)23(43-17)25(35)44-26-24(41-15(7)34)20(38-12(4)31)18(36-10(2)29)16(8-27)42-26/h16-27,35H,8H2,1-7H3/t16-,17+,18-,19+,20+,21-,22+,23+,24-,25?,26-/m1/s1. The number of esters is 6. The highest BCUT2D eigenvalue weighted by Crippen LogP contribution is 2.34. The van der Waals surface area contributed by atoms with Gasteiger partial charge in [-0.15, -0.1) is 0 Å².